The monoisotopic (exact) mass is 490 g/mol. The first-order valence-corrected chi connectivity index (χ1v) is 13.6. The predicted molar refractivity (Wildman–Crippen MR) is 129 cm³/mol. The molecule has 196 valence electrons. The van der Waals surface area contributed by atoms with Gasteiger partial charge < -0.3 is 28.6 Å². The van der Waals surface area contributed by atoms with Crippen molar-refractivity contribution >= 4 is 6.09 Å². The number of likely N-dealkylation sites (tertiary alicyclic amines) is 1. The van der Waals surface area contributed by atoms with Gasteiger partial charge in [-0.05, 0) is 58.9 Å². The molecule has 8 atom stereocenters. The summed E-state index contributed by atoms with van der Waals surface area (Å²) in [6.45, 7) is 12.0. The second kappa shape index (κ2) is 8.98. The number of fused-ring (bicyclic) bond motifs is 2. The molecule has 6 aliphatic heterocycles. The maximum Gasteiger partial charge on any atom is 0.410 e. The molecule has 8 heteroatoms. The molecule has 1 saturated carbocycles. The molecule has 7 aliphatic rings. The van der Waals surface area contributed by atoms with Crippen molar-refractivity contribution in [1.29, 1.82) is 0 Å². The summed E-state index contributed by atoms with van der Waals surface area (Å²) in [7, 11) is 1.73. The lowest BCUT2D eigenvalue weighted by molar-refractivity contribution is -0.181. The molecule has 35 heavy (non-hydrogen) atoms. The quantitative estimate of drug-likeness (QED) is 0.382. The van der Waals surface area contributed by atoms with Crippen molar-refractivity contribution in [3.05, 3.63) is 11.6 Å². The zero-order valence-corrected chi connectivity index (χ0v) is 21.7. The van der Waals surface area contributed by atoms with E-state index in [4.69, 9.17) is 23.7 Å². The molecule has 6 heterocycles. The lowest BCUT2D eigenvalue weighted by Gasteiger charge is -2.48. The van der Waals surface area contributed by atoms with Crippen LogP contribution in [-0.4, -0.2) is 104 Å². The number of methoxy groups -OCH3 is 1. The first-order valence-electron chi connectivity index (χ1n) is 13.6. The zero-order chi connectivity index (χ0) is 24.4. The Kier molecular flexibility index (Phi) is 6.20. The van der Waals surface area contributed by atoms with Crippen molar-refractivity contribution in [2.24, 2.45) is 11.8 Å². The maximum atomic E-state index is 13.0. The Hall–Kier alpha value is -1.19. The van der Waals surface area contributed by atoms with Gasteiger partial charge >= 0.3 is 6.09 Å². The van der Waals surface area contributed by atoms with E-state index >= 15 is 0 Å². The predicted octanol–water partition coefficient (Wildman–Crippen LogP) is 2.99. The van der Waals surface area contributed by atoms with Gasteiger partial charge in [0.1, 0.15) is 23.4 Å². The Bertz CT molecular complexity index is 835. The molecule has 0 aromatic rings. The summed E-state index contributed by atoms with van der Waals surface area (Å²) in [5, 5.41) is 0. The molecule has 1 amide bonds. The van der Waals surface area contributed by atoms with Gasteiger partial charge in [-0.3, -0.25) is 4.90 Å². The molecular weight excluding hydrogens is 448 g/mol. The fourth-order valence-electron chi connectivity index (χ4n) is 7.16. The van der Waals surface area contributed by atoms with E-state index in [1.165, 1.54) is 12.0 Å². The number of ether oxygens (including phenoxy) is 5. The zero-order valence-electron chi connectivity index (χ0n) is 21.7. The summed E-state index contributed by atoms with van der Waals surface area (Å²) >= 11 is 0. The highest BCUT2D eigenvalue weighted by atomic mass is 16.6. The molecule has 1 spiro atoms. The van der Waals surface area contributed by atoms with Crippen LogP contribution in [0.25, 0.3) is 0 Å². The second-order valence-electron chi connectivity index (χ2n) is 12.2. The van der Waals surface area contributed by atoms with Crippen molar-refractivity contribution in [2.75, 3.05) is 46.4 Å². The average molecular weight is 491 g/mol. The van der Waals surface area contributed by atoms with Crippen LogP contribution >= 0.6 is 0 Å². The Labute approximate surface area is 209 Å². The molecule has 7 rings (SSSR count). The van der Waals surface area contributed by atoms with Gasteiger partial charge in [-0.2, -0.15) is 0 Å². The summed E-state index contributed by atoms with van der Waals surface area (Å²) < 4.78 is 30.1. The Morgan fingerprint density at radius 1 is 1.17 bits per heavy atom. The van der Waals surface area contributed by atoms with Crippen LogP contribution in [0.2, 0.25) is 0 Å². The number of amides is 1. The molecule has 0 N–H and O–H groups in total. The van der Waals surface area contributed by atoms with Crippen LogP contribution in [0.3, 0.4) is 0 Å². The standard InChI is InChI=1S/C27H42N2O6/c1-17(2)5-6-22-26(3,35-22)24-23(31-4)21(7-9-27(24)16-32-27)34-25(30)29-12-18(13-29)8-10-28-14-19-11-20(15-28)33-19/h5,18-24H,6-16H2,1-4H3/t19-,20+,21-,22-,23-,24-,26+,27+/m1/s1. The van der Waals surface area contributed by atoms with Crippen LogP contribution in [0.15, 0.2) is 11.6 Å². The summed E-state index contributed by atoms with van der Waals surface area (Å²) in [4.78, 5) is 17.4. The van der Waals surface area contributed by atoms with Gasteiger partial charge in [0.25, 0.3) is 0 Å². The molecule has 8 nitrogen and oxygen atoms in total. The van der Waals surface area contributed by atoms with Crippen molar-refractivity contribution in [3.63, 3.8) is 0 Å². The van der Waals surface area contributed by atoms with Crippen LogP contribution in [0.4, 0.5) is 4.79 Å². The largest absolute Gasteiger partial charge is 0.443 e. The average Bonchev–Trinajstić information content (AvgIpc) is 3.69. The number of allylic oxidation sites excluding steroid dienone is 1. The van der Waals surface area contributed by atoms with E-state index < -0.39 is 0 Å². The van der Waals surface area contributed by atoms with Crippen LogP contribution in [0.1, 0.15) is 52.9 Å². The molecule has 0 radical (unpaired) electrons. The number of morpholine rings is 1. The van der Waals surface area contributed by atoms with E-state index in [-0.39, 0.29) is 41.5 Å². The summed E-state index contributed by atoms with van der Waals surface area (Å²) in [5.74, 6) is 0.628. The number of epoxide rings is 2. The molecule has 0 aromatic heterocycles. The summed E-state index contributed by atoms with van der Waals surface area (Å²) in [6.07, 6.45) is 7.55. The highest BCUT2D eigenvalue weighted by Gasteiger charge is 2.72. The third-order valence-electron chi connectivity index (χ3n) is 9.39. The second-order valence-corrected chi connectivity index (χ2v) is 12.2. The molecular formula is C27H42N2O6. The van der Waals surface area contributed by atoms with Gasteiger partial charge in [-0.1, -0.05) is 11.6 Å². The fraction of sp³-hybridized carbons (Fsp3) is 0.889. The number of hydrogen-bond donors (Lipinski definition) is 0. The van der Waals surface area contributed by atoms with Crippen LogP contribution in [0.5, 0.6) is 0 Å². The van der Waals surface area contributed by atoms with E-state index in [0.29, 0.717) is 18.1 Å². The minimum absolute atomic E-state index is 0.0611. The molecule has 2 bridgehead atoms. The van der Waals surface area contributed by atoms with E-state index in [9.17, 15) is 4.79 Å². The summed E-state index contributed by atoms with van der Waals surface area (Å²) in [5.41, 5.74) is 0.796. The minimum Gasteiger partial charge on any atom is -0.443 e. The maximum absolute atomic E-state index is 13.0. The van der Waals surface area contributed by atoms with Gasteiger partial charge in [-0.15, -0.1) is 0 Å². The van der Waals surface area contributed by atoms with E-state index in [1.807, 2.05) is 4.90 Å². The van der Waals surface area contributed by atoms with Gasteiger partial charge in [0.15, 0.2) is 0 Å². The first kappa shape index (κ1) is 24.2. The fourth-order valence-corrected chi connectivity index (χ4v) is 7.16. The number of hydrogen-bond acceptors (Lipinski definition) is 7. The summed E-state index contributed by atoms with van der Waals surface area (Å²) in [6, 6.07) is 0. The lowest BCUT2D eigenvalue weighted by Crippen LogP contribution is -2.59. The van der Waals surface area contributed by atoms with Gasteiger partial charge in [0, 0.05) is 39.7 Å². The van der Waals surface area contributed by atoms with Crippen LogP contribution < -0.4 is 0 Å². The highest BCUT2D eigenvalue weighted by Crippen LogP contribution is 2.59. The molecule has 7 fully saturated rings. The van der Waals surface area contributed by atoms with Gasteiger partial charge in [-0.25, -0.2) is 4.79 Å². The number of carbonyl (C=O) groups excluding carboxylic acids is 1. The first-order chi connectivity index (χ1) is 16.8. The van der Waals surface area contributed by atoms with Crippen molar-refractivity contribution in [1.82, 2.24) is 9.80 Å². The number of piperidine rings is 1. The van der Waals surface area contributed by atoms with Crippen LogP contribution in [-0.2, 0) is 23.7 Å². The van der Waals surface area contributed by atoms with Crippen LogP contribution in [0, 0.1) is 11.8 Å². The SMILES string of the molecule is CO[C@@H]1[C@H](OC(=O)N2CC(CCN3C[C@H]4C[C@@H](C3)O4)C2)CC[C@]2(CO2)[C@H]1[C@@]1(C)O[C@@H]1CC=C(C)C. The van der Waals surface area contributed by atoms with E-state index in [1.54, 1.807) is 7.11 Å². The molecule has 0 aromatic carbocycles. The number of nitrogens with zero attached hydrogens (tertiary/aromatic N) is 2. The van der Waals surface area contributed by atoms with Crippen molar-refractivity contribution in [3.8, 4) is 0 Å². The Balaban J connectivity index is 1.01. The smallest absolute Gasteiger partial charge is 0.410 e. The number of rotatable bonds is 8. The lowest BCUT2D eigenvalue weighted by atomic mass is 9.68. The Morgan fingerprint density at radius 2 is 1.89 bits per heavy atom. The van der Waals surface area contributed by atoms with E-state index in [2.05, 4.69) is 31.7 Å². The Morgan fingerprint density at radius 3 is 2.51 bits per heavy atom. The topological polar surface area (TPSA) is 76.3 Å². The van der Waals surface area contributed by atoms with Crippen molar-refractivity contribution in [2.45, 2.75) is 94.6 Å². The van der Waals surface area contributed by atoms with Crippen molar-refractivity contribution < 1.29 is 28.5 Å². The van der Waals surface area contributed by atoms with Gasteiger partial charge in [0.05, 0.1) is 30.8 Å². The molecule has 0 unspecified atom stereocenters. The van der Waals surface area contributed by atoms with E-state index in [0.717, 1.165) is 65.0 Å². The normalized spacial score (nSPS) is 44.4. The number of carbonyl (C=O) groups is 1. The van der Waals surface area contributed by atoms with Gasteiger partial charge in [0.2, 0.25) is 0 Å². The highest BCUT2D eigenvalue weighted by molar-refractivity contribution is 5.69. The minimum atomic E-state index is -0.309. The third kappa shape index (κ3) is 4.54. The molecule has 6 saturated heterocycles. The third-order valence-corrected chi connectivity index (χ3v) is 9.39. The molecule has 1 aliphatic carbocycles.